The fourth-order valence-corrected chi connectivity index (χ4v) is 3.92. The lowest BCUT2D eigenvalue weighted by Crippen LogP contribution is -2.54. The topological polar surface area (TPSA) is 61.9 Å². The predicted molar refractivity (Wildman–Crippen MR) is 131 cm³/mol. The minimum absolute atomic E-state index is 0.0652. The SMILES string of the molecule is CCN(CC)CC(C)(C)C=C1C(=O)NC(=S)N(c2ccc(Oc3ccccc3)cc2)C1=O. The van der Waals surface area contributed by atoms with Crippen molar-refractivity contribution in [3.63, 3.8) is 0 Å². The van der Waals surface area contributed by atoms with Crippen molar-refractivity contribution in [2.24, 2.45) is 5.41 Å². The van der Waals surface area contributed by atoms with Crippen LogP contribution in [0, 0.1) is 5.41 Å². The molecule has 0 saturated carbocycles. The number of hydrogen-bond acceptors (Lipinski definition) is 5. The van der Waals surface area contributed by atoms with Gasteiger partial charge >= 0.3 is 0 Å². The number of para-hydroxylation sites is 1. The van der Waals surface area contributed by atoms with Crippen LogP contribution in [0.3, 0.4) is 0 Å². The highest BCUT2D eigenvalue weighted by Gasteiger charge is 2.36. The number of thiocarbonyl (C=S) groups is 1. The molecule has 1 N–H and O–H groups in total. The van der Waals surface area contributed by atoms with Crippen molar-refractivity contribution < 1.29 is 14.3 Å². The number of ether oxygens (including phenoxy) is 1. The lowest BCUT2D eigenvalue weighted by molar-refractivity contribution is -0.122. The van der Waals surface area contributed by atoms with Crippen LogP contribution in [0.2, 0.25) is 0 Å². The summed E-state index contributed by atoms with van der Waals surface area (Å²) >= 11 is 5.31. The zero-order valence-corrected chi connectivity index (χ0v) is 19.7. The summed E-state index contributed by atoms with van der Waals surface area (Å²) in [5.41, 5.74) is 0.292. The normalized spacial score (nSPS) is 16.0. The number of carbonyl (C=O) groups excluding carboxylic acids is 2. The van der Waals surface area contributed by atoms with E-state index in [1.165, 1.54) is 4.90 Å². The second kappa shape index (κ2) is 10.1. The molecule has 2 amide bonds. The maximum Gasteiger partial charge on any atom is 0.269 e. The molecule has 0 radical (unpaired) electrons. The Morgan fingerprint density at radius 1 is 1.00 bits per heavy atom. The maximum atomic E-state index is 13.3. The van der Waals surface area contributed by atoms with E-state index >= 15 is 0 Å². The Balaban J connectivity index is 1.83. The van der Waals surface area contributed by atoms with E-state index in [2.05, 4.69) is 24.1 Å². The lowest BCUT2D eigenvalue weighted by atomic mass is 9.89. The molecule has 1 aliphatic heterocycles. The van der Waals surface area contributed by atoms with Gasteiger partial charge in [-0.25, -0.2) is 0 Å². The molecule has 1 aliphatic rings. The molecule has 1 saturated heterocycles. The van der Waals surface area contributed by atoms with Gasteiger partial charge in [0.05, 0.1) is 5.69 Å². The van der Waals surface area contributed by atoms with Crippen molar-refractivity contribution in [2.75, 3.05) is 24.5 Å². The fraction of sp³-hybridized carbons (Fsp3) is 0.320. The van der Waals surface area contributed by atoms with E-state index in [1.807, 2.05) is 44.2 Å². The smallest absolute Gasteiger partial charge is 0.269 e. The molecule has 168 valence electrons. The quantitative estimate of drug-likeness (QED) is 0.363. The molecule has 32 heavy (non-hydrogen) atoms. The first-order valence-electron chi connectivity index (χ1n) is 10.7. The molecule has 2 aromatic carbocycles. The van der Waals surface area contributed by atoms with E-state index in [9.17, 15) is 9.59 Å². The average Bonchev–Trinajstić information content (AvgIpc) is 2.77. The summed E-state index contributed by atoms with van der Waals surface area (Å²) in [4.78, 5) is 29.5. The van der Waals surface area contributed by atoms with E-state index in [4.69, 9.17) is 17.0 Å². The Bertz CT molecular complexity index is 1010. The average molecular weight is 452 g/mol. The molecule has 0 aromatic heterocycles. The van der Waals surface area contributed by atoms with Gasteiger partial charge < -0.3 is 9.64 Å². The van der Waals surface area contributed by atoms with Gasteiger partial charge in [0.25, 0.3) is 11.8 Å². The number of carbonyl (C=O) groups is 2. The Kier molecular flexibility index (Phi) is 7.43. The zero-order chi connectivity index (χ0) is 23.3. The van der Waals surface area contributed by atoms with Gasteiger partial charge in [-0.1, -0.05) is 52.0 Å². The van der Waals surface area contributed by atoms with Crippen molar-refractivity contribution in [3.05, 3.63) is 66.2 Å². The van der Waals surface area contributed by atoms with Crippen LogP contribution in [0.1, 0.15) is 27.7 Å². The van der Waals surface area contributed by atoms with E-state index in [0.29, 0.717) is 11.4 Å². The van der Waals surface area contributed by atoms with E-state index in [-0.39, 0.29) is 16.1 Å². The molecule has 6 nitrogen and oxygen atoms in total. The van der Waals surface area contributed by atoms with Gasteiger partial charge in [0.15, 0.2) is 5.11 Å². The molecule has 0 bridgehead atoms. The van der Waals surface area contributed by atoms with Crippen molar-refractivity contribution in [3.8, 4) is 11.5 Å². The third-order valence-electron chi connectivity index (χ3n) is 5.24. The van der Waals surface area contributed by atoms with E-state index in [0.717, 1.165) is 25.4 Å². The number of nitrogens with zero attached hydrogens (tertiary/aromatic N) is 2. The molecule has 0 aliphatic carbocycles. The van der Waals surface area contributed by atoms with Crippen LogP contribution in [-0.2, 0) is 9.59 Å². The highest BCUT2D eigenvalue weighted by molar-refractivity contribution is 7.80. The van der Waals surface area contributed by atoms with Gasteiger partial charge in [0.1, 0.15) is 17.1 Å². The molecule has 0 spiro atoms. The Hall–Kier alpha value is -3.03. The van der Waals surface area contributed by atoms with Gasteiger partial charge in [0.2, 0.25) is 0 Å². The highest BCUT2D eigenvalue weighted by atomic mass is 32.1. The van der Waals surface area contributed by atoms with Gasteiger partial charge in [-0.05, 0) is 67.1 Å². The lowest BCUT2D eigenvalue weighted by Gasteiger charge is -2.32. The predicted octanol–water partition coefficient (Wildman–Crippen LogP) is 4.52. The first-order chi connectivity index (χ1) is 15.2. The molecule has 0 unspecified atom stereocenters. The largest absolute Gasteiger partial charge is 0.457 e. The van der Waals surface area contributed by atoms with Crippen molar-refractivity contribution in [2.45, 2.75) is 27.7 Å². The second-order valence-corrected chi connectivity index (χ2v) is 8.70. The Labute approximate surface area is 194 Å². The van der Waals surface area contributed by atoms with Crippen LogP contribution in [0.25, 0.3) is 0 Å². The Morgan fingerprint density at radius 3 is 2.19 bits per heavy atom. The molecule has 7 heteroatoms. The van der Waals surface area contributed by atoms with Crippen LogP contribution in [0.15, 0.2) is 66.2 Å². The summed E-state index contributed by atoms with van der Waals surface area (Å²) in [6, 6.07) is 16.5. The first-order valence-corrected chi connectivity index (χ1v) is 11.1. The van der Waals surface area contributed by atoms with Gasteiger partial charge in [-0.3, -0.25) is 19.8 Å². The molecule has 0 atom stereocenters. The summed E-state index contributed by atoms with van der Waals surface area (Å²) in [7, 11) is 0. The monoisotopic (exact) mass is 451 g/mol. The number of anilines is 1. The van der Waals surface area contributed by atoms with E-state index < -0.39 is 11.8 Å². The Morgan fingerprint density at radius 2 is 1.59 bits per heavy atom. The maximum absolute atomic E-state index is 13.3. The van der Waals surface area contributed by atoms with Crippen molar-refractivity contribution in [1.82, 2.24) is 10.2 Å². The second-order valence-electron chi connectivity index (χ2n) is 8.32. The third-order valence-corrected chi connectivity index (χ3v) is 5.52. The van der Waals surface area contributed by atoms with Crippen molar-refractivity contribution >= 4 is 34.8 Å². The minimum Gasteiger partial charge on any atom is -0.457 e. The molecular formula is C25H29N3O3S. The van der Waals surface area contributed by atoms with Crippen LogP contribution in [-0.4, -0.2) is 41.5 Å². The summed E-state index contributed by atoms with van der Waals surface area (Å²) in [6.45, 7) is 10.8. The molecule has 3 rings (SSSR count). The zero-order valence-electron chi connectivity index (χ0n) is 18.9. The number of benzene rings is 2. The van der Waals surface area contributed by atoms with Crippen LogP contribution in [0.5, 0.6) is 11.5 Å². The van der Waals surface area contributed by atoms with Crippen molar-refractivity contribution in [1.29, 1.82) is 0 Å². The number of hydrogen-bond donors (Lipinski definition) is 1. The molecule has 1 heterocycles. The molecular weight excluding hydrogens is 422 g/mol. The van der Waals surface area contributed by atoms with Crippen LogP contribution in [0.4, 0.5) is 5.69 Å². The number of rotatable bonds is 8. The first kappa shape index (κ1) is 23.6. The van der Waals surface area contributed by atoms with Gasteiger partial charge in [-0.2, -0.15) is 0 Å². The van der Waals surface area contributed by atoms with Gasteiger partial charge in [0, 0.05) is 6.54 Å². The standard InChI is InChI=1S/C25H29N3O3S/c1-5-27(6-2)17-25(3,4)16-21-22(29)26-24(32)28(23(21)30)18-12-14-20(15-13-18)31-19-10-8-7-9-11-19/h7-16H,5-6,17H2,1-4H3,(H,26,29,32). The number of amides is 2. The summed E-state index contributed by atoms with van der Waals surface area (Å²) in [5, 5.41) is 2.72. The minimum atomic E-state index is -0.465. The van der Waals surface area contributed by atoms with E-state index in [1.54, 1.807) is 30.3 Å². The van der Waals surface area contributed by atoms with Crippen LogP contribution < -0.4 is 15.0 Å². The summed E-state index contributed by atoms with van der Waals surface area (Å²) < 4.78 is 5.81. The summed E-state index contributed by atoms with van der Waals surface area (Å²) in [6.07, 6.45) is 1.75. The fourth-order valence-electron chi connectivity index (χ4n) is 3.64. The number of nitrogens with one attached hydrogen (secondary N) is 1. The van der Waals surface area contributed by atoms with Crippen LogP contribution >= 0.6 is 12.2 Å². The third kappa shape index (κ3) is 5.60. The van der Waals surface area contributed by atoms with Gasteiger partial charge in [-0.15, -0.1) is 0 Å². The molecule has 2 aromatic rings. The summed E-state index contributed by atoms with van der Waals surface area (Å²) in [5.74, 6) is 0.462. The highest BCUT2D eigenvalue weighted by Crippen LogP contribution is 2.28. The molecule has 1 fully saturated rings.